The zero-order chi connectivity index (χ0) is 21.8. The van der Waals surface area contributed by atoms with Crippen molar-refractivity contribution in [2.75, 3.05) is 13.3 Å². The maximum atomic E-state index is 11.9. The van der Waals surface area contributed by atoms with E-state index in [1.54, 1.807) is 0 Å². The average molecular weight is 410 g/mol. The van der Waals surface area contributed by atoms with Crippen LogP contribution in [0.25, 0.3) is 0 Å². The van der Waals surface area contributed by atoms with Crippen LogP contribution >= 0.6 is 0 Å². The lowest BCUT2D eigenvalue weighted by Crippen LogP contribution is -2.32. The maximum Gasteiger partial charge on any atom is 0.410 e. The average Bonchev–Trinajstić information content (AvgIpc) is 2.64. The topological polar surface area (TPSA) is 134 Å². The Morgan fingerprint density at radius 2 is 1.79 bits per heavy atom. The quantitative estimate of drug-likeness (QED) is 0.241. The fraction of sp³-hybridized carbons (Fsp3) is 0.526. The molecule has 0 aliphatic carbocycles. The second-order valence-corrected chi connectivity index (χ2v) is 6.96. The molecule has 0 saturated heterocycles. The van der Waals surface area contributed by atoms with E-state index in [0.717, 1.165) is 6.42 Å². The molecule has 0 bridgehead atoms. The molecule has 160 valence electrons. The SMILES string of the molecule is CC(=O)CC(CNC(=O)OCOC(=O)c1ccc(CO[N+](=O)[O-])cc1)CC(C)C. The van der Waals surface area contributed by atoms with E-state index < -0.39 is 23.9 Å². The molecule has 0 heterocycles. The van der Waals surface area contributed by atoms with Gasteiger partial charge in [-0.1, -0.05) is 26.0 Å². The molecule has 1 N–H and O–H groups in total. The monoisotopic (exact) mass is 410 g/mol. The number of benzene rings is 1. The van der Waals surface area contributed by atoms with E-state index in [9.17, 15) is 24.5 Å². The van der Waals surface area contributed by atoms with Crippen molar-refractivity contribution in [3.63, 3.8) is 0 Å². The Balaban J connectivity index is 2.36. The van der Waals surface area contributed by atoms with Gasteiger partial charge in [-0.25, -0.2) is 9.59 Å². The summed E-state index contributed by atoms with van der Waals surface area (Å²) in [7, 11) is 0. The number of ether oxygens (including phenoxy) is 2. The molecule has 0 aliphatic heterocycles. The first-order valence-electron chi connectivity index (χ1n) is 9.10. The van der Waals surface area contributed by atoms with Crippen LogP contribution in [0.2, 0.25) is 0 Å². The van der Waals surface area contributed by atoms with Crippen LogP contribution in [0.15, 0.2) is 24.3 Å². The number of hydrogen-bond acceptors (Lipinski definition) is 8. The summed E-state index contributed by atoms with van der Waals surface area (Å²) in [5.41, 5.74) is 0.702. The van der Waals surface area contributed by atoms with Gasteiger partial charge in [0.05, 0.1) is 5.56 Å². The van der Waals surface area contributed by atoms with E-state index >= 15 is 0 Å². The third-order valence-corrected chi connectivity index (χ3v) is 3.82. The molecular formula is C19H26N2O8. The number of rotatable bonds is 12. The Morgan fingerprint density at radius 1 is 1.14 bits per heavy atom. The van der Waals surface area contributed by atoms with Crippen LogP contribution < -0.4 is 5.32 Å². The lowest BCUT2D eigenvalue weighted by molar-refractivity contribution is -0.763. The van der Waals surface area contributed by atoms with Gasteiger partial charge in [0.1, 0.15) is 12.4 Å². The van der Waals surface area contributed by atoms with Crippen LogP contribution in [-0.4, -0.2) is 36.3 Å². The van der Waals surface area contributed by atoms with Gasteiger partial charge in [-0.3, -0.25) is 0 Å². The fourth-order valence-electron chi connectivity index (χ4n) is 2.67. The van der Waals surface area contributed by atoms with Crippen molar-refractivity contribution in [2.45, 2.75) is 40.2 Å². The highest BCUT2D eigenvalue weighted by molar-refractivity contribution is 5.89. The first kappa shape index (κ1) is 23.9. The summed E-state index contributed by atoms with van der Waals surface area (Å²) < 4.78 is 9.67. The molecule has 1 unspecified atom stereocenters. The van der Waals surface area contributed by atoms with E-state index in [4.69, 9.17) is 9.47 Å². The molecule has 0 saturated carbocycles. The van der Waals surface area contributed by atoms with Gasteiger partial charge < -0.3 is 24.4 Å². The van der Waals surface area contributed by atoms with E-state index in [-0.39, 0.29) is 30.4 Å². The Morgan fingerprint density at radius 3 is 2.34 bits per heavy atom. The molecule has 1 amide bonds. The van der Waals surface area contributed by atoms with Gasteiger partial charge in [-0.15, -0.1) is 10.1 Å². The Bertz CT molecular complexity index is 703. The van der Waals surface area contributed by atoms with E-state index in [1.165, 1.54) is 31.2 Å². The Hall–Kier alpha value is -3.17. The van der Waals surface area contributed by atoms with Crippen molar-refractivity contribution in [1.82, 2.24) is 5.32 Å². The summed E-state index contributed by atoms with van der Waals surface area (Å²) >= 11 is 0. The normalized spacial score (nSPS) is 11.4. The van der Waals surface area contributed by atoms with Crippen LogP contribution in [0.3, 0.4) is 0 Å². The van der Waals surface area contributed by atoms with Gasteiger partial charge in [0.2, 0.25) is 6.79 Å². The van der Waals surface area contributed by atoms with Crippen molar-refractivity contribution in [3.05, 3.63) is 45.5 Å². The van der Waals surface area contributed by atoms with Gasteiger partial charge in [-0.05, 0) is 42.9 Å². The molecule has 0 spiro atoms. The van der Waals surface area contributed by atoms with Crippen LogP contribution in [-0.2, 0) is 25.7 Å². The number of alkyl carbamates (subject to hydrolysis) is 1. The number of Topliss-reactive ketones (excluding diaryl/α,β-unsaturated/α-hetero) is 1. The highest BCUT2D eigenvalue weighted by Crippen LogP contribution is 2.15. The minimum Gasteiger partial charge on any atom is -0.424 e. The predicted molar refractivity (Wildman–Crippen MR) is 101 cm³/mol. The van der Waals surface area contributed by atoms with Gasteiger partial charge >= 0.3 is 12.1 Å². The molecule has 1 atom stereocenters. The van der Waals surface area contributed by atoms with E-state index in [2.05, 4.69) is 10.2 Å². The first-order valence-corrected chi connectivity index (χ1v) is 9.10. The zero-order valence-corrected chi connectivity index (χ0v) is 16.7. The number of nitrogens with one attached hydrogen (secondary N) is 1. The number of nitrogens with zero attached hydrogens (tertiary/aromatic N) is 1. The molecular weight excluding hydrogens is 384 g/mol. The Kier molecular flexibility index (Phi) is 10.1. The standard InChI is InChI=1S/C19H26N2O8/c1-13(2)8-16(9-14(3)22)10-20-19(24)28-12-27-18(23)17-6-4-15(5-7-17)11-29-21(25)26/h4-7,13,16H,8-12H2,1-3H3,(H,20,24). The lowest BCUT2D eigenvalue weighted by atomic mass is 9.93. The summed E-state index contributed by atoms with van der Waals surface area (Å²) in [6.45, 7) is 5.07. The highest BCUT2D eigenvalue weighted by atomic mass is 16.9. The minimum absolute atomic E-state index is 0.0143. The summed E-state index contributed by atoms with van der Waals surface area (Å²) in [5, 5.41) is 11.8. The molecule has 0 aliphatic rings. The molecule has 10 nitrogen and oxygen atoms in total. The zero-order valence-electron chi connectivity index (χ0n) is 16.7. The van der Waals surface area contributed by atoms with Crippen molar-refractivity contribution >= 4 is 17.8 Å². The van der Waals surface area contributed by atoms with Crippen LogP contribution in [0.4, 0.5) is 4.79 Å². The summed E-state index contributed by atoms with van der Waals surface area (Å²) in [4.78, 5) is 49.3. The summed E-state index contributed by atoms with van der Waals surface area (Å²) in [6.07, 6.45) is 0.413. The molecule has 29 heavy (non-hydrogen) atoms. The van der Waals surface area contributed by atoms with Crippen molar-refractivity contribution in [1.29, 1.82) is 0 Å². The van der Waals surface area contributed by atoms with Crippen LogP contribution in [0, 0.1) is 22.0 Å². The molecule has 1 aromatic carbocycles. The number of carbonyl (C=O) groups is 3. The van der Waals surface area contributed by atoms with Gasteiger partial charge in [0.25, 0.3) is 5.09 Å². The number of ketones is 1. The number of amides is 1. The third kappa shape index (κ3) is 10.7. The summed E-state index contributed by atoms with van der Waals surface area (Å²) in [5.74, 6) is -0.263. The second-order valence-electron chi connectivity index (χ2n) is 6.96. The van der Waals surface area contributed by atoms with Crippen molar-refractivity contribution < 1.29 is 33.8 Å². The van der Waals surface area contributed by atoms with Crippen molar-refractivity contribution in [3.8, 4) is 0 Å². The van der Waals surface area contributed by atoms with Gasteiger partial charge in [0, 0.05) is 13.0 Å². The highest BCUT2D eigenvalue weighted by Gasteiger charge is 2.15. The molecule has 10 heteroatoms. The predicted octanol–water partition coefficient (Wildman–Crippen LogP) is 2.88. The fourth-order valence-corrected chi connectivity index (χ4v) is 2.67. The minimum atomic E-state index is -0.907. The van der Waals surface area contributed by atoms with E-state index in [1.807, 2.05) is 13.8 Å². The third-order valence-electron chi connectivity index (χ3n) is 3.82. The molecule has 0 fully saturated rings. The van der Waals surface area contributed by atoms with Crippen molar-refractivity contribution in [2.24, 2.45) is 11.8 Å². The molecule has 0 radical (unpaired) electrons. The number of carbonyl (C=O) groups excluding carboxylic acids is 3. The van der Waals surface area contributed by atoms with Crippen LogP contribution in [0.1, 0.15) is 49.5 Å². The molecule has 1 rings (SSSR count). The molecule has 1 aromatic rings. The van der Waals surface area contributed by atoms with Gasteiger partial charge in [-0.2, -0.15) is 0 Å². The second kappa shape index (κ2) is 12.3. The Labute approximate surface area is 168 Å². The number of esters is 1. The van der Waals surface area contributed by atoms with Crippen LogP contribution in [0.5, 0.6) is 0 Å². The summed E-state index contributed by atoms with van der Waals surface area (Å²) in [6, 6.07) is 5.80. The largest absolute Gasteiger partial charge is 0.424 e. The maximum absolute atomic E-state index is 11.9. The lowest BCUT2D eigenvalue weighted by Gasteiger charge is -2.18. The first-order chi connectivity index (χ1) is 13.7. The number of hydrogen-bond donors (Lipinski definition) is 1. The molecule has 0 aromatic heterocycles. The smallest absolute Gasteiger partial charge is 0.410 e. The van der Waals surface area contributed by atoms with Gasteiger partial charge in [0.15, 0.2) is 0 Å². The van der Waals surface area contributed by atoms with E-state index in [0.29, 0.717) is 17.9 Å².